The second-order valence-electron chi connectivity index (χ2n) is 2.87. The van der Waals surface area contributed by atoms with E-state index in [1.54, 1.807) is 12.1 Å². The minimum atomic E-state index is -0.361. The molecule has 1 aromatic rings. The van der Waals surface area contributed by atoms with Crippen molar-refractivity contribution >= 4 is 23.2 Å². The first-order chi connectivity index (χ1) is 7.63. The number of rotatable bonds is 2. The van der Waals surface area contributed by atoms with E-state index < -0.39 is 0 Å². The Morgan fingerprint density at radius 2 is 2.25 bits per heavy atom. The fraction of sp³-hybridized carbons (Fsp3) is 0.273. The standard InChI is InChI=1S/C11H11NO3S/c1-8(13)12-7-3-4-9-5-6-10(16-9)11(14)15-2/h5-6H,7H2,1-2H3,(H,12,13). The Bertz CT molecular complexity index is 453. The number of amides is 1. The zero-order valence-electron chi connectivity index (χ0n) is 8.99. The molecule has 0 aliphatic carbocycles. The zero-order chi connectivity index (χ0) is 12.0. The molecule has 1 rings (SSSR count). The van der Waals surface area contributed by atoms with Gasteiger partial charge in [-0.3, -0.25) is 4.79 Å². The van der Waals surface area contributed by atoms with Gasteiger partial charge in [0.25, 0.3) is 0 Å². The summed E-state index contributed by atoms with van der Waals surface area (Å²) in [7, 11) is 1.34. The van der Waals surface area contributed by atoms with Crippen LogP contribution < -0.4 is 5.32 Å². The molecule has 0 bridgehead atoms. The Hall–Kier alpha value is -1.80. The predicted molar refractivity (Wildman–Crippen MR) is 61.2 cm³/mol. The second kappa shape index (κ2) is 5.93. The molecular formula is C11H11NO3S. The average Bonchev–Trinajstić information content (AvgIpc) is 2.71. The third kappa shape index (κ3) is 3.75. The highest BCUT2D eigenvalue weighted by Gasteiger charge is 2.07. The average molecular weight is 237 g/mol. The van der Waals surface area contributed by atoms with Crippen molar-refractivity contribution in [2.45, 2.75) is 6.92 Å². The van der Waals surface area contributed by atoms with Crippen LogP contribution in [0, 0.1) is 11.8 Å². The number of carbonyl (C=O) groups excluding carboxylic acids is 2. The van der Waals surface area contributed by atoms with Crippen LogP contribution in [0.3, 0.4) is 0 Å². The van der Waals surface area contributed by atoms with E-state index in [2.05, 4.69) is 21.9 Å². The van der Waals surface area contributed by atoms with Gasteiger partial charge in [0, 0.05) is 6.92 Å². The highest BCUT2D eigenvalue weighted by Crippen LogP contribution is 2.15. The van der Waals surface area contributed by atoms with Gasteiger partial charge in [-0.05, 0) is 12.1 Å². The van der Waals surface area contributed by atoms with E-state index >= 15 is 0 Å². The van der Waals surface area contributed by atoms with Crippen molar-refractivity contribution in [3.05, 3.63) is 21.9 Å². The number of hydrogen-bond acceptors (Lipinski definition) is 4. The Kier molecular flexibility index (Phi) is 4.55. The molecule has 0 saturated carbocycles. The number of nitrogens with one attached hydrogen (secondary N) is 1. The van der Waals surface area contributed by atoms with Crippen LogP contribution in [-0.2, 0) is 9.53 Å². The lowest BCUT2D eigenvalue weighted by Crippen LogP contribution is -2.19. The van der Waals surface area contributed by atoms with Crippen molar-refractivity contribution in [1.82, 2.24) is 5.32 Å². The smallest absolute Gasteiger partial charge is 0.348 e. The summed E-state index contributed by atoms with van der Waals surface area (Å²) < 4.78 is 4.57. The molecule has 16 heavy (non-hydrogen) atoms. The summed E-state index contributed by atoms with van der Waals surface area (Å²) in [5.74, 6) is 5.15. The fourth-order valence-corrected chi connectivity index (χ4v) is 1.71. The number of esters is 1. The van der Waals surface area contributed by atoms with Crippen LogP contribution >= 0.6 is 11.3 Å². The molecule has 5 heteroatoms. The van der Waals surface area contributed by atoms with Crippen LogP contribution in [0.1, 0.15) is 21.5 Å². The molecule has 0 radical (unpaired) electrons. The number of ether oxygens (including phenoxy) is 1. The molecule has 0 aliphatic rings. The minimum Gasteiger partial charge on any atom is -0.465 e. The number of hydrogen-bond donors (Lipinski definition) is 1. The van der Waals surface area contributed by atoms with Gasteiger partial charge in [-0.1, -0.05) is 11.8 Å². The lowest BCUT2D eigenvalue weighted by atomic mass is 10.4. The van der Waals surface area contributed by atoms with Gasteiger partial charge in [0.1, 0.15) is 4.88 Å². The lowest BCUT2D eigenvalue weighted by Gasteiger charge is -1.91. The van der Waals surface area contributed by atoms with E-state index in [0.717, 1.165) is 4.88 Å². The predicted octanol–water partition coefficient (Wildman–Crippen LogP) is 1.02. The summed E-state index contributed by atoms with van der Waals surface area (Å²) in [6.07, 6.45) is 0. The summed E-state index contributed by atoms with van der Waals surface area (Å²) in [6, 6.07) is 3.41. The zero-order valence-corrected chi connectivity index (χ0v) is 9.81. The van der Waals surface area contributed by atoms with Crippen LogP contribution in [0.25, 0.3) is 0 Å². The van der Waals surface area contributed by atoms with E-state index in [4.69, 9.17) is 0 Å². The maximum Gasteiger partial charge on any atom is 0.348 e. The van der Waals surface area contributed by atoms with Crippen molar-refractivity contribution in [2.75, 3.05) is 13.7 Å². The SMILES string of the molecule is COC(=O)c1ccc(C#CCNC(C)=O)s1. The van der Waals surface area contributed by atoms with Crippen molar-refractivity contribution in [2.24, 2.45) is 0 Å². The molecule has 84 valence electrons. The molecule has 0 spiro atoms. The third-order valence-electron chi connectivity index (χ3n) is 1.63. The first-order valence-electron chi connectivity index (χ1n) is 4.55. The van der Waals surface area contributed by atoms with E-state index in [-0.39, 0.29) is 11.9 Å². The molecule has 0 atom stereocenters. The van der Waals surface area contributed by atoms with Crippen LogP contribution in [0.15, 0.2) is 12.1 Å². The summed E-state index contributed by atoms with van der Waals surface area (Å²) in [5, 5.41) is 2.56. The third-order valence-corrected chi connectivity index (χ3v) is 2.61. The summed E-state index contributed by atoms with van der Waals surface area (Å²) in [6.45, 7) is 1.74. The number of carbonyl (C=O) groups is 2. The van der Waals surface area contributed by atoms with Crippen molar-refractivity contribution in [1.29, 1.82) is 0 Å². The van der Waals surface area contributed by atoms with E-state index in [9.17, 15) is 9.59 Å². The van der Waals surface area contributed by atoms with Crippen molar-refractivity contribution < 1.29 is 14.3 Å². The molecule has 4 nitrogen and oxygen atoms in total. The van der Waals surface area contributed by atoms with Crippen molar-refractivity contribution in [3.63, 3.8) is 0 Å². The number of thiophene rings is 1. The monoisotopic (exact) mass is 237 g/mol. The Morgan fingerprint density at radius 1 is 1.50 bits per heavy atom. The van der Waals surface area contributed by atoms with Crippen LogP contribution in [0.4, 0.5) is 0 Å². The molecule has 0 unspecified atom stereocenters. The van der Waals surface area contributed by atoms with Gasteiger partial charge in [0.15, 0.2) is 0 Å². The lowest BCUT2D eigenvalue weighted by molar-refractivity contribution is -0.118. The summed E-state index contributed by atoms with van der Waals surface area (Å²) in [4.78, 5) is 23.0. The summed E-state index contributed by atoms with van der Waals surface area (Å²) in [5.41, 5.74) is 0. The van der Waals surface area contributed by atoms with Gasteiger partial charge in [-0.15, -0.1) is 11.3 Å². The van der Waals surface area contributed by atoms with Gasteiger partial charge < -0.3 is 10.1 Å². The van der Waals surface area contributed by atoms with Gasteiger partial charge in [0.05, 0.1) is 18.5 Å². The molecule has 0 aromatic carbocycles. The molecule has 0 fully saturated rings. The topological polar surface area (TPSA) is 55.4 Å². The Morgan fingerprint density at radius 3 is 2.88 bits per heavy atom. The maximum atomic E-state index is 11.1. The van der Waals surface area contributed by atoms with Crippen molar-refractivity contribution in [3.8, 4) is 11.8 Å². The highest BCUT2D eigenvalue weighted by molar-refractivity contribution is 7.14. The van der Waals surface area contributed by atoms with Gasteiger partial charge >= 0.3 is 5.97 Å². The fourth-order valence-electron chi connectivity index (χ4n) is 0.915. The van der Waals surface area contributed by atoms with Crippen LogP contribution in [-0.4, -0.2) is 25.5 Å². The molecule has 1 aromatic heterocycles. The first-order valence-corrected chi connectivity index (χ1v) is 5.36. The van der Waals surface area contributed by atoms with E-state index in [1.165, 1.54) is 25.4 Å². The van der Waals surface area contributed by atoms with Gasteiger partial charge in [-0.25, -0.2) is 4.79 Å². The molecular weight excluding hydrogens is 226 g/mol. The summed E-state index contributed by atoms with van der Waals surface area (Å²) >= 11 is 1.26. The van der Waals surface area contributed by atoms with Gasteiger partial charge in [0.2, 0.25) is 5.91 Å². The molecule has 1 N–H and O–H groups in total. The number of methoxy groups -OCH3 is 1. The molecule has 1 heterocycles. The normalized spacial score (nSPS) is 8.88. The molecule has 0 saturated heterocycles. The van der Waals surface area contributed by atoms with E-state index in [1.807, 2.05) is 0 Å². The first kappa shape index (κ1) is 12.3. The van der Waals surface area contributed by atoms with Crippen LogP contribution in [0.2, 0.25) is 0 Å². The minimum absolute atomic E-state index is 0.115. The van der Waals surface area contributed by atoms with Crippen LogP contribution in [0.5, 0.6) is 0 Å². The van der Waals surface area contributed by atoms with E-state index in [0.29, 0.717) is 11.4 Å². The Labute approximate surface area is 97.6 Å². The highest BCUT2D eigenvalue weighted by atomic mass is 32.1. The quantitative estimate of drug-likeness (QED) is 0.617. The Balaban J connectivity index is 2.58. The maximum absolute atomic E-state index is 11.1. The molecule has 0 aliphatic heterocycles. The molecule has 1 amide bonds. The second-order valence-corrected chi connectivity index (χ2v) is 3.95. The largest absolute Gasteiger partial charge is 0.465 e. The van der Waals surface area contributed by atoms with Gasteiger partial charge in [-0.2, -0.15) is 0 Å².